The highest BCUT2D eigenvalue weighted by Gasteiger charge is 2.56. The Morgan fingerprint density at radius 2 is 1.87 bits per heavy atom. The Kier molecular flexibility index (Phi) is 5.14. The highest BCUT2D eigenvalue weighted by Crippen LogP contribution is 2.45. The van der Waals surface area contributed by atoms with Crippen LogP contribution in [-0.4, -0.2) is 53.6 Å². The maximum absolute atomic E-state index is 14.7. The first-order valence-corrected chi connectivity index (χ1v) is 13.3. The SMILES string of the molecule is Cc1ncnc2c1c(F)cn2[C@@H]1O[C@H](CO[Si](C)(C)C(C)(C)C)[C@H]2OC(C)(C)O[C@H]21. The Balaban J connectivity index is 1.65. The van der Waals surface area contributed by atoms with Gasteiger partial charge in [-0.1, -0.05) is 20.8 Å². The molecule has 7 nitrogen and oxygen atoms in total. The molecule has 9 heteroatoms. The van der Waals surface area contributed by atoms with E-state index in [0.717, 1.165) is 0 Å². The Hall–Kier alpha value is -1.39. The molecular weight excluding hydrogens is 405 g/mol. The normalized spacial score (nSPS) is 29.0. The molecule has 2 saturated heterocycles. The van der Waals surface area contributed by atoms with Crippen molar-refractivity contribution in [3.05, 3.63) is 24.0 Å². The quantitative estimate of drug-likeness (QED) is 0.664. The third kappa shape index (κ3) is 3.60. The molecule has 0 aliphatic carbocycles. The first kappa shape index (κ1) is 21.8. The molecule has 2 aliphatic rings. The minimum absolute atomic E-state index is 0.0882. The Morgan fingerprint density at radius 1 is 1.20 bits per heavy atom. The zero-order valence-corrected chi connectivity index (χ0v) is 20.0. The summed E-state index contributed by atoms with van der Waals surface area (Å²) in [7, 11) is -1.96. The smallest absolute Gasteiger partial charge is 0.192 e. The first-order chi connectivity index (χ1) is 13.8. The average Bonchev–Trinajstić information content (AvgIpc) is 3.21. The molecule has 4 atom stereocenters. The van der Waals surface area contributed by atoms with E-state index in [1.165, 1.54) is 12.5 Å². The molecule has 4 rings (SSSR count). The van der Waals surface area contributed by atoms with Crippen molar-refractivity contribution in [3.63, 3.8) is 0 Å². The second-order valence-electron chi connectivity index (χ2n) is 10.2. The topological polar surface area (TPSA) is 67.6 Å². The van der Waals surface area contributed by atoms with Gasteiger partial charge in [-0.2, -0.15) is 0 Å². The maximum atomic E-state index is 14.7. The Bertz CT molecular complexity index is 956. The predicted octanol–water partition coefficient (Wildman–Crippen LogP) is 4.32. The van der Waals surface area contributed by atoms with Gasteiger partial charge in [0.1, 0.15) is 30.3 Å². The molecule has 2 aromatic heterocycles. The summed E-state index contributed by atoms with van der Waals surface area (Å²) >= 11 is 0. The van der Waals surface area contributed by atoms with Gasteiger partial charge in [-0.05, 0) is 38.9 Å². The van der Waals surface area contributed by atoms with E-state index in [1.807, 2.05) is 13.8 Å². The van der Waals surface area contributed by atoms with Gasteiger partial charge in [0, 0.05) is 6.20 Å². The molecule has 0 radical (unpaired) electrons. The van der Waals surface area contributed by atoms with E-state index in [2.05, 4.69) is 43.8 Å². The lowest BCUT2D eigenvalue weighted by atomic mass is 10.1. The van der Waals surface area contributed by atoms with Gasteiger partial charge in [-0.3, -0.25) is 0 Å². The van der Waals surface area contributed by atoms with Crippen molar-refractivity contribution < 1.29 is 23.0 Å². The number of hydrogen-bond donors (Lipinski definition) is 0. The van der Waals surface area contributed by atoms with Gasteiger partial charge < -0.3 is 23.2 Å². The Morgan fingerprint density at radius 3 is 2.53 bits per heavy atom. The van der Waals surface area contributed by atoms with Crippen molar-refractivity contribution in [2.75, 3.05) is 6.61 Å². The minimum Gasteiger partial charge on any atom is -0.414 e. The van der Waals surface area contributed by atoms with Gasteiger partial charge in [0.05, 0.1) is 17.7 Å². The number of nitrogens with zero attached hydrogens (tertiary/aromatic N) is 3. The molecular formula is C21H32FN3O4Si. The standard InChI is InChI=1S/C21H32FN3O4Si/c1-12-15-13(22)9-25(18(15)24-11-23-12)19-17-16(28-21(5,6)29-17)14(27-19)10-26-30(7,8)20(2,3)4/h9,11,14,16-17,19H,10H2,1-8H3/t14-,16-,17-,19-/m1/s1. The third-order valence-electron chi connectivity index (χ3n) is 6.57. The van der Waals surface area contributed by atoms with Crippen LogP contribution in [0.3, 0.4) is 0 Å². The summed E-state index contributed by atoms with van der Waals surface area (Å²) in [5, 5.41) is 0.488. The predicted molar refractivity (Wildman–Crippen MR) is 113 cm³/mol. The largest absolute Gasteiger partial charge is 0.414 e. The van der Waals surface area contributed by atoms with Gasteiger partial charge in [0.25, 0.3) is 0 Å². The van der Waals surface area contributed by atoms with E-state index in [1.54, 1.807) is 11.5 Å². The first-order valence-electron chi connectivity index (χ1n) is 10.4. The van der Waals surface area contributed by atoms with Crippen LogP contribution < -0.4 is 0 Å². The van der Waals surface area contributed by atoms with Crippen LogP contribution in [0, 0.1) is 12.7 Å². The number of ether oxygens (including phenoxy) is 3. The third-order valence-corrected chi connectivity index (χ3v) is 11.1. The summed E-state index contributed by atoms with van der Waals surface area (Å²) in [5.41, 5.74) is 1.08. The van der Waals surface area contributed by atoms with Crippen molar-refractivity contribution in [3.8, 4) is 0 Å². The van der Waals surface area contributed by atoms with Crippen molar-refractivity contribution in [1.29, 1.82) is 0 Å². The molecule has 166 valence electrons. The molecule has 0 N–H and O–H groups in total. The monoisotopic (exact) mass is 437 g/mol. The van der Waals surface area contributed by atoms with E-state index < -0.39 is 26.4 Å². The lowest BCUT2D eigenvalue weighted by molar-refractivity contribution is -0.199. The molecule has 0 saturated carbocycles. The second-order valence-corrected chi connectivity index (χ2v) is 15.1. The molecule has 0 bridgehead atoms. The van der Waals surface area contributed by atoms with Crippen LogP contribution in [0.4, 0.5) is 4.39 Å². The molecule has 0 unspecified atom stereocenters. The summed E-state index contributed by atoms with van der Waals surface area (Å²) < 4.78 is 41.5. The molecule has 2 aliphatic heterocycles. The molecule has 4 heterocycles. The van der Waals surface area contributed by atoms with Crippen molar-refractivity contribution in [2.45, 2.75) is 90.0 Å². The zero-order chi connectivity index (χ0) is 22.1. The molecule has 2 fully saturated rings. The van der Waals surface area contributed by atoms with E-state index >= 15 is 0 Å². The van der Waals surface area contributed by atoms with Crippen LogP contribution >= 0.6 is 0 Å². The van der Waals surface area contributed by atoms with Crippen molar-refractivity contribution >= 4 is 19.4 Å². The van der Waals surface area contributed by atoms with E-state index in [0.29, 0.717) is 23.3 Å². The highest BCUT2D eigenvalue weighted by molar-refractivity contribution is 6.74. The molecule has 0 spiro atoms. The number of aromatic nitrogens is 3. The summed E-state index contributed by atoms with van der Waals surface area (Å²) in [5.74, 6) is -1.12. The van der Waals surface area contributed by atoms with Crippen LogP contribution in [0.2, 0.25) is 18.1 Å². The van der Waals surface area contributed by atoms with Crippen LogP contribution in [0.5, 0.6) is 0 Å². The van der Waals surface area contributed by atoms with Crippen LogP contribution in [0.1, 0.15) is 46.5 Å². The number of halogens is 1. The summed E-state index contributed by atoms with van der Waals surface area (Å²) in [6, 6.07) is 0. The van der Waals surface area contributed by atoms with E-state index in [9.17, 15) is 4.39 Å². The van der Waals surface area contributed by atoms with Gasteiger partial charge in [0.15, 0.2) is 26.1 Å². The molecule has 0 aromatic carbocycles. The lowest BCUT2D eigenvalue weighted by Crippen LogP contribution is -2.44. The fourth-order valence-electron chi connectivity index (χ4n) is 3.90. The van der Waals surface area contributed by atoms with Crippen molar-refractivity contribution in [1.82, 2.24) is 14.5 Å². The fraction of sp³-hybridized carbons (Fsp3) is 0.714. The number of aryl methyl sites for hydroxylation is 1. The van der Waals surface area contributed by atoms with Gasteiger partial charge in [-0.15, -0.1) is 0 Å². The van der Waals surface area contributed by atoms with Gasteiger partial charge >= 0.3 is 0 Å². The minimum atomic E-state index is -1.96. The summed E-state index contributed by atoms with van der Waals surface area (Å²) in [6.45, 7) is 17.0. The zero-order valence-electron chi connectivity index (χ0n) is 19.0. The Labute approximate surface area is 178 Å². The number of rotatable bonds is 4. The molecule has 2 aromatic rings. The van der Waals surface area contributed by atoms with Crippen LogP contribution in [0.15, 0.2) is 12.5 Å². The molecule has 0 amide bonds. The van der Waals surface area contributed by atoms with Gasteiger partial charge in [-0.25, -0.2) is 14.4 Å². The summed E-state index contributed by atoms with van der Waals surface area (Å²) in [6.07, 6.45) is 1.27. The average molecular weight is 438 g/mol. The van der Waals surface area contributed by atoms with Gasteiger partial charge in [0.2, 0.25) is 0 Å². The molecule has 30 heavy (non-hydrogen) atoms. The van der Waals surface area contributed by atoms with Crippen LogP contribution in [0.25, 0.3) is 11.0 Å². The van der Waals surface area contributed by atoms with E-state index in [4.69, 9.17) is 18.6 Å². The lowest BCUT2D eigenvalue weighted by Gasteiger charge is -2.37. The fourth-order valence-corrected chi connectivity index (χ4v) is 4.92. The number of hydrogen-bond acceptors (Lipinski definition) is 6. The summed E-state index contributed by atoms with van der Waals surface area (Å²) in [4.78, 5) is 8.43. The van der Waals surface area contributed by atoms with Crippen LogP contribution in [-0.2, 0) is 18.6 Å². The van der Waals surface area contributed by atoms with E-state index in [-0.39, 0.29) is 23.1 Å². The van der Waals surface area contributed by atoms with Crippen molar-refractivity contribution in [2.24, 2.45) is 0 Å². The number of fused-ring (bicyclic) bond motifs is 2. The second kappa shape index (κ2) is 7.06. The highest BCUT2D eigenvalue weighted by atomic mass is 28.4. The maximum Gasteiger partial charge on any atom is 0.192 e.